The minimum absolute atomic E-state index is 0.153. The van der Waals surface area contributed by atoms with Gasteiger partial charge in [0.05, 0.1) is 0 Å². The minimum atomic E-state index is -3.57. The molecule has 1 aromatic carbocycles. The van der Waals surface area contributed by atoms with Crippen LogP contribution < -0.4 is 5.73 Å². The van der Waals surface area contributed by atoms with E-state index in [1.54, 1.807) is 6.07 Å². The maximum atomic E-state index is 13.9. The fourth-order valence-electron chi connectivity index (χ4n) is 1.98. The van der Waals surface area contributed by atoms with E-state index in [9.17, 15) is 12.8 Å². The summed E-state index contributed by atoms with van der Waals surface area (Å²) in [6.07, 6.45) is 2.84. The van der Waals surface area contributed by atoms with E-state index in [4.69, 9.17) is 5.73 Å². The second-order valence-corrected chi connectivity index (χ2v) is 7.33. The summed E-state index contributed by atoms with van der Waals surface area (Å²) in [5, 5.41) is 0. The molecule has 1 aliphatic rings. The van der Waals surface area contributed by atoms with Gasteiger partial charge in [0.2, 0.25) is 0 Å². The molecule has 2 N–H and O–H groups in total. The van der Waals surface area contributed by atoms with Crippen molar-refractivity contribution < 1.29 is 12.8 Å². The predicted molar refractivity (Wildman–Crippen MR) is 67.2 cm³/mol. The molecule has 1 aliphatic carbocycles. The van der Waals surface area contributed by atoms with Crippen LogP contribution in [0.4, 0.5) is 4.39 Å². The van der Waals surface area contributed by atoms with Crippen LogP contribution in [-0.4, -0.2) is 21.2 Å². The van der Waals surface area contributed by atoms with Crippen molar-refractivity contribution in [2.24, 2.45) is 5.73 Å². The zero-order chi connectivity index (χ0) is 12.8. The van der Waals surface area contributed by atoms with E-state index >= 15 is 0 Å². The third-order valence-corrected chi connectivity index (χ3v) is 5.27. The quantitative estimate of drug-likeness (QED) is 0.926. The summed E-state index contributed by atoms with van der Waals surface area (Å²) in [5.74, 6) is -0.711. The molecule has 1 saturated carbocycles. The lowest BCUT2D eigenvalue weighted by Crippen LogP contribution is -2.20. The lowest BCUT2D eigenvalue weighted by molar-refractivity contribution is 0.563. The molecular formula is C11H13BrFNO2S. The number of halogens is 2. The van der Waals surface area contributed by atoms with E-state index in [0.717, 1.165) is 24.7 Å². The molecule has 3 nitrogen and oxygen atoms in total. The van der Waals surface area contributed by atoms with Crippen LogP contribution in [0.15, 0.2) is 21.5 Å². The summed E-state index contributed by atoms with van der Waals surface area (Å²) in [7, 11) is -3.57. The average Bonchev–Trinajstić information content (AvgIpc) is 2.94. The van der Waals surface area contributed by atoms with Crippen LogP contribution >= 0.6 is 15.9 Å². The van der Waals surface area contributed by atoms with Gasteiger partial charge in [-0.3, -0.25) is 0 Å². The van der Waals surface area contributed by atoms with Crippen molar-refractivity contribution in [2.45, 2.75) is 23.2 Å². The summed E-state index contributed by atoms with van der Waals surface area (Å²) in [6, 6.07) is 2.96. The zero-order valence-electron chi connectivity index (χ0n) is 9.33. The van der Waals surface area contributed by atoms with Crippen molar-refractivity contribution in [2.75, 3.05) is 12.8 Å². The van der Waals surface area contributed by atoms with Crippen molar-refractivity contribution in [1.29, 1.82) is 0 Å². The predicted octanol–water partition coefficient (Wildman–Crippen LogP) is 1.98. The number of nitrogens with two attached hydrogens (primary N) is 1. The first-order chi connectivity index (χ1) is 7.80. The number of sulfone groups is 1. The molecular weight excluding hydrogens is 309 g/mol. The molecule has 2 rings (SSSR count). The first-order valence-corrected chi connectivity index (χ1v) is 7.88. The van der Waals surface area contributed by atoms with Crippen molar-refractivity contribution in [1.82, 2.24) is 0 Å². The largest absolute Gasteiger partial charge is 0.330 e. The van der Waals surface area contributed by atoms with Crippen LogP contribution in [0.2, 0.25) is 0 Å². The van der Waals surface area contributed by atoms with Gasteiger partial charge in [-0.05, 0) is 46.5 Å². The van der Waals surface area contributed by atoms with E-state index in [0.29, 0.717) is 6.54 Å². The van der Waals surface area contributed by atoms with Gasteiger partial charge in [0, 0.05) is 22.7 Å². The van der Waals surface area contributed by atoms with Crippen LogP contribution in [0.1, 0.15) is 18.4 Å². The third-order valence-electron chi connectivity index (χ3n) is 3.23. The Morgan fingerprint density at radius 3 is 2.41 bits per heavy atom. The van der Waals surface area contributed by atoms with Gasteiger partial charge in [-0.1, -0.05) is 0 Å². The third kappa shape index (κ3) is 2.26. The Morgan fingerprint density at radius 2 is 2.06 bits per heavy atom. The van der Waals surface area contributed by atoms with Crippen molar-refractivity contribution >= 4 is 25.8 Å². The molecule has 17 heavy (non-hydrogen) atoms. The van der Waals surface area contributed by atoms with Gasteiger partial charge in [-0.2, -0.15) is 0 Å². The van der Waals surface area contributed by atoms with Gasteiger partial charge < -0.3 is 5.73 Å². The molecule has 0 unspecified atom stereocenters. The first kappa shape index (κ1) is 13.0. The molecule has 0 heterocycles. The second-order valence-electron chi connectivity index (χ2n) is 4.53. The maximum Gasteiger partial charge on any atom is 0.179 e. The average molecular weight is 322 g/mol. The minimum Gasteiger partial charge on any atom is -0.330 e. The first-order valence-electron chi connectivity index (χ1n) is 5.20. The molecule has 94 valence electrons. The van der Waals surface area contributed by atoms with Gasteiger partial charge in [-0.15, -0.1) is 0 Å². The second kappa shape index (κ2) is 4.03. The number of hydrogen-bond donors (Lipinski definition) is 1. The molecule has 0 saturated heterocycles. The molecule has 1 fully saturated rings. The van der Waals surface area contributed by atoms with Crippen LogP contribution in [0.3, 0.4) is 0 Å². The van der Waals surface area contributed by atoms with E-state index in [1.807, 2.05) is 0 Å². The Balaban J connectivity index is 2.57. The lowest BCUT2D eigenvalue weighted by atomic mass is 9.96. The Labute approximate surface area is 108 Å². The summed E-state index contributed by atoms with van der Waals surface area (Å²) < 4.78 is 37.0. The highest BCUT2D eigenvalue weighted by Gasteiger charge is 2.43. The van der Waals surface area contributed by atoms with E-state index in [-0.39, 0.29) is 14.8 Å². The van der Waals surface area contributed by atoms with Gasteiger partial charge in [-0.25, -0.2) is 12.8 Å². The summed E-state index contributed by atoms with van der Waals surface area (Å²) in [4.78, 5) is -0.283. The molecule has 0 atom stereocenters. The molecule has 0 aromatic heterocycles. The van der Waals surface area contributed by atoms with Gasteiger partial charge in [0.25, 0.3) is 0 Å². The van der Waals surface area contributed by atoms with Crippen molar-refractivity contribution in [3.05, 3.63) is 28.0 Å². The highest BCUT2D eigenvalue weighted by Crippen LogP contribution is 2.48. The van der Waals surface area contributed by atoms with E-state index < -0.39 is 15.7 Å². The van der Waals surface area contributed by atoms with Crippen LogP contribution in [0.25, 0.3) is 0 Å². The number of hydrogen-bond acceptors (Lipinski definition) is 3. The Morgan fingerprint density at radius 1 is 1.47 bits per heavy atom. The maximum absolute atomic E-state index is 13.9. The van der Waals surface area contributed by atoms with Crippen LogP contribution in [0.5, 0.6) is 0 Å². The van der Waals surface area contributed by atoms with Crippen molar-refractivity contribution in [3.8, 4) is 0 Å². The molecule has 0 amide bonds. The molecule has 0 aliphatic heterocycles. The Bertz CT molecular complexity index is 544. The summed E-state index contributed by atoms with van der Waals surface area (Å²) >= 11 is 3.12. The monoisotopic (exact) mass is 321 g/mol. The van der Waals surface area contributed by atoms with Gasteiger partial charge >= 0.3 is 0 Å². The molecule has 0 radical (unpaired) electrons. The molecule has 0 bridgehead atoms. The summed E-state index contributed by atoms with van der Waals surface area (Å²) in [5.41, 5.74) is 6.29. The zero-order valence-corrected chi connectivity index (χ0v) is 11.7. The Hall–Kier alpha value is -0.460. The highest BCUT2D eigenvalue weighted by molar-refractivity contribution is 9.10. The molecule has 6 heteroatoms. The molecule has 1 aromatic rings. The fourth-order valence-corrected chi connectivity index (χ4v) is 4.13. The number of rotatable bonds is 3. The smallest absolute Gasteiger partial charge is 0.179 e. The van der Waals surface area contributed by atoms with Crippen LogP contribution in [0, 0.1) is 5.82 Å². The van der Waals surface area contributed by atoms with Crippen LogP contribution in [-0.2, 0) is 15.3 Å². The number of benzene rings is 1. The molecule has 0 spiro atoms. The SMILES string of the molecule is CS(=O)(=O)c1c(F)cc(C2(CN)CC2)cc1Br. The van der Waals surface area contributed by atoms with Crippen molar-refractivity contribution in [3.63, 3.8) is 0 Å². The highest BCUT2D eigenvalue weighted by atomic mass is 79.9. The Kier molecular flexibility index (Phi) is 3.08. The van der Waals surface area contributed by atoms with Gasteiger partial charge in [0.15, 0.2) is 9.84 Å². The lowest BCUT2D eigenvalue weighted by Gasteiger charge is -2.15. The van der Waals surface area contributed by atoms with Gasteiger partial charge in [0.1, 0.15) is 10.7 Å². The topological polar surface area (TPSA) is 60.2 Å². The summed E-state index contributed by atoms with van der Waals surface area (Å²) in [6.45, 7) is 0.455. The van der Waals surface area contributed by atoms with E-state index in [2.05, 4.69) is 15.9 Å². The van der Waals surface area contributed by atoms with E-state index in [1.165, 1.54) is 6.07 Å². The standard InChI is InChI=1S/C11H13BrFNO2S/c1-17(15,16)10-8(12)4-7(5-9(10)13)11(6-14)2-3-11/h4-5H,2-3,6,14H2,1H3. The normalized spacial score (nSPS) is 18.1. The fraction of sp³-hybridized carbons (Fsp3) is 0.455.